The lowest BCUT2D eigenvalue weighted by molar-refractivity contribution is -0.171. The topological polar surface area (TPSA) is 129 Å². The van der Waals surface area contributed by atoms with Crippen LogP contribution in [0.5, 0.6) is 23.0 Å². The van der Waals surface area contributed by atoms with E-state index in [9.17, 15) is 9.90 Å². The van der Waals surface area contributed by atoms with E-state index in [4.69, 9.17) is 32.8 Å². The fraction of sp³-hybridized carbons (Fsp3) is 0.510. The van der Waals surface area contributed by atoms with Crippen LogP contribution in [-0.4, -0.2) is 88.4 Å². The van der Waals surface area contributed by atoms with Gasteiger partial charge >= 0.3 is 0 Å². The van der Waals surface area contributed by atoms with Gasteiger partial charge in [0.2, 0.25) is 6.29 Å². The van der Waals surface area contributed by atoms with Gasteiger partial charge in [0.05, 0.1) is 46.1 Å². The number of carbonyl (C=O) groups is 1. The molecule has 4 aromatic rings. The van der Waals surface area contributed by atoms with Gasteiger partial charge in [0, 0.05) is 56.3 Å². The highest BCUT2D eigenvalue weighted by Crippen LogP contribution is 2.50. The lowest BCUT2D eigenvalue weighted by Gasteiger charge is -2.49. The van der Waals surface area contributed by atoms with Crippen LogP contribution in [0.2, 0.25) is 0 Å². The highest BCUT2D eigenvalue weighted by Gasteiger charge is 2.45. The van der Waals surface area contributed by atoms with E-state index in [0.29, 0.717) is 66.4 Å². The number of ether oxygens (including phenoxy) is 6. The number of nitrogens with zero attached hydrogens (tertiary/aromatic N) is 2. The summed E-state index contributed by atoms with van der Waals surface area (Å²) in [4.78, 5) is 34.1. The van der Waals surface area contributed by atoms with Crippen molar-refractivity contribution >= 4 is 16.9 Å². The Morgan fingerprint density at radius 3 is 2.21 bits per heavy atom. The largest absolute Gasteiger partial charge is 0.493 e. The second-order valence-corrected chi connectivity index (χ2v) is 16.8. The number of hydrogen-bond acceptors (Lipinski definition) is 11. The van der Waals surface area contributed by atoms with Crippen molar-refractivity contribution < 1.29 is 42.7 Å². The summed E-state index contributed by atoms with van der Waals surface area (Å²) < 4.78 is 42.0. The standard InChI is InChI=1S/C49H60N2O10/c1-7-29-27-50-17-15-30-22-42(55-3)44(57-5)24-35(30)39(50)20-32(29)21-40-36-25-45(58-6)43(56-4)23-31(36)16-18-51(40)48(54)46-26-37(33(13-11-19-52)49(61-46)59-8-2)38-28-60-41-14-10-9-12-34(41)47(38)53/h9-10,12,14,22-26,28-29,32-33,37,39-40,49,52H,7-8,11,13,15-21,27H2,1-6H3/t29-,32+,33+,37-,39-,40+,49+/m0/s1. The number of aliphatic hydroxyl groups excluding tert-OH is 1. The van der Waals surface area contributed by atoms with Crippen LogP contribution in [0.1, 0.15) is 91.8 Å². The number of piperidine rings is 1. The van der Waals surface area contributed by atoms with Crippen LogP contribution in [0.4, 0.5) is 0 Å². The first-order chi connectivity index (χ1) is 29.7. The molecule has 3 aromatic carbocycles. The maximum atomic E-state index is 15.4. The van der Waals surface area contributed by atoms with Crippen molar-refractivity contribution in [2.75, 3.05) is 61.3 Å². The van der Waals surface area contributed by atoms with Crippen molar-refractivity contribution in [3.63, 3.8) is 0 Å². The SMILES string of the molecule is CCO[C@@H]1OC(C(=O)N2CCc3cc(OC)c(OC)cc3[C@H]2C[C@H]2C[C@H]3c4cc(OC)c(OC)cc4CCN3C[C@@H]2CC)=C[C@H](c2coc3ccccc3c2=O)[C@H]1CCCO. The molecule has 61 heavy (non-hydrogen) atoms. The van der Waals surface area contributed by atoms with Crippen LogP contribution in [0.25, 0.3) is 11.0 Å². The van der Waals surface area contributed by atoms with E-state index in [-0.39, 0.29) is 47.6 Å². The molecule has 1 amide bonds. The predicted octanol–water partition coefficient (Wildman–Crippen LogP) is 7.74. The summed E-state index contributed by atoms with van der Waals surface area (Å²) in [5.74, 6) is 2.43. The summed E-state index contributed by atoms with van der Waals surface area (Å²) in [5.41, 5.74) is 5.50. The van der Waals surface area contributed by atoms with Crippen LogP contribution >= 0.6 is 0 Å². The molecule has 8 rings (SSSR count). The van der Waals surface area contributed by atoms with E-state index in [1.807, 2.05) is 24.0 Å². The molecule has 0 radical (unpaired) electrons. The van der Waals surface area contributed by atoms with Gasteiger partial charge in [-0.25, -0.2) is 0 Å². The van der Waals surface area contributed by atoms with Gasteiger partial charge in [-0.05, 0) is 122 Å². The Hall–Kier alpha value is -5.04. The van der Waals surface area contributed by atoms with Crippen molar-refractivity contribution in [3.05, 3.63) is 105 Å². The zero-order valence-corrected chi connectivity index (χ0v) is 36.3. The van der Waals surface area contributed by atoms with Gasteiger partial charge in [-0.2, -0.15) is 0 Å². The molecule has 5 heterocycles. The molecule has 0 aliphatic carbocycles. The molecule has 12 heteroatoms. The molecular formula is C49H60N2O10. The first kappa shape index (κ1) is 42.6. The van der Waals surface area contributed by atoms with E-state index in [1.54, 1.807) is 46.6 Å². The third-order valence-corrected chi connectivity index (χ3v) is 13.8. The smallest absolute Gasteiger partial charge is 0.289 e. The van der Waals surface area contributed by atoms with Gasteiger partial charge in [-0.3, -0.25) is 14.5 Å². The number of fused-ring (bicyclic) bond motifs is 5. The number of aliphatic hydroxyl groups is 1. The van der Waals surface area contributed by atoms with E-state index < -0.39 is 12.2 Å². The van der Waals surface area contributed by atoms with Gasteiger partial charge < -0.3 is 42.8 Å². The van der Waals surface area contributed by atoms with Gasteiger partial charge in [-0.1, -0.05) is 25.5 Å². The minimum Gasteiger partial charge on any atom is -0.493 e. The Labute approximate surface area is 358 Å². The minimum atomic E-state index is -0.827. The molecule has 1 saturated heterocycles. The Morgan fingerprint density at radius 1 is 0.852 bits per heavy atom. The number of rotatable bonds is 14. The van der Waals surface area contributed by atoms with Crippen LogP contribution in [0, 0.1) is 17.8 Å². The van der Waals surface area contributed by atoms with Crippen LogP contribution in [-0.2, 0) is 27.1 Å². The van der Waals surface area contributed by atoms with Gasteiger partial charge in [0.25, 0.3) is 5.91 Å². The fourth-order valence-corrected chi connectivity index (χ4v) is 10.6. The lowest BCUT2D eigenvalue weighted by atomic mass is 9.72. The lowest BCUT2D eigenvalue weighted by Crippen LogP contribution is -2.48. The molecule has 7 atom stereocenters. The molecule has 12 nitrogen and oxygen atoms in total. The summed E-state index contributed by atoms with van der Waals surface area (Å²) in [6.45, 7) is 6.88. The Bertz CT molecular complexity index is 2310. The average Bonchev–Trinajstić information content (AvgIpc) is 3.29. The number of para-hydroxylation sites is 1. The molecule has 4 aliphatic heterocycles. The van der Waals surface area contributed by atoms with Gasteiger partial charge in [-0.15, -0.1) is 0 Å². The number of benzene rings is 3. The highest BCUT2D eigenvalue weighted by atomic mass is 16.7. The van der Waals surface area contributed by atoms with Crippen molar-refractivity contribution in [2.24, 2.45) is 17.8 Å². The van der Waals surface area contributed by atoms with Crippen LogP contribution in [0.3, 0.4) is 0 Å². The Balaban J connectivity index is 1.20. The molecule has 326 valence electrons. The minimum absolute atomic E-state index is 0.0289. The van der Waals surface area contributed by atoms with E-state index in [0.717, 1.165) is 61.4 Å². The zero-order chi connectivity index (χ0) is 42.8. The van der Waals surface area contributed by atoms with Crippen LogP contribution in [0.15, 0.2) is 75.8 Å². The summed E-state index contributed by atoms with van der Waals surface area (Å²) in [7, 11) is 6.66. The van der Waals surface area contributed by atoms with Crippen molar-refractivity contribution in [2.45, 2.75) is 83.1 Å². The summed E-state index contributed by atoms with van der Waals surface area (Å²) in [6, 6.07) is 15.5. The number of allylic oxidation sites excluding steroid dienone is 1. The molecule has 0 saturated carbocycles. The molecule has 0 bridgehead atoms. The first-order valence-corrected chi connectivity index (χ1v) is 21.9. The summed E-state index contributed by atoms with van der Waals surface area (Å²) in [6.07, 6.45) is 7.72. The highest BCUT2D eigenvalue weighted by molar-refractivity contribution is 5.92. The third-order valence-electron chi connectivity index (χ3n) is 13.8. The maximum absolute atomic E-state index is 15.4. The quantitative estimate of drug-likeness (QED) is 0.134. The molecule has 1 N–H and O–H groups in total. The van der Waals surface area contributed by atoms with E-state index in [1.165, 1.54) is 17.4 Å². The molecule has 1 aromatic heterocycles. The molecule has 0 unspecified atom stereocenters. The number of carbonyl (C=O) groups excluding carboxylic acids is 1. The van der Waals surface area contributed by atoms with Gasteiger partial charge in [0.1, 0.15) is 5.58 Å². The molecule has 1 fully saturated rings. The summed E-state index contributed by atoms with van der Waals surface area (Å²) >= 11 is 0. The maximum Gasteiger partial charge on any atom is 0.289 e. The first-order valence-electron chi connectivity index (χ1n) is 21.9. The Kier molecular flexibility index (Phi) is 12.9. The van der Waals surface area contributed by atoms with Crippen LogP contribution < -0.4 is 24.4 Å². The number of hydrogen-bond donors (Lipinski definition) is 1. The normalized spacial score (nSPS) is 24.8. The number of methoxy groups -OCH3 is 4. The Morgan fingerprint density at radius 2 is 1.52 bits per heavy atom. The fourth-order valence-electron chi connectivity index (χ4n) is 10.6. The van der Waals surface area contributed by atoms with Crippen molar-refractivity contribution in [3.8, 4) is 23.0 Å². The average molecular weight is 837 g/mol. The van der Waals surface area contributed by atoms with Crippen molar-refractivity contribution in [1.82, 2.24) is 9.80 Å². The second-order valence-electron chi connectivity index (χ2n) is 16.8. The zero-order valence-electron chi connectivity index (χ0n) is 36.3. The third kappa shape index (κ3) is 8.10. The van der Waals surface area contributed by atoms with E-state index >= 15 is 4.79 Å². The second kappa shape index (κ2) is 18.5. The monoisotopic (exact) mass is 836 g/mol. The van der Waals surface area contributed by atoms with Gasteiger partial charge in [0.15, 0.2) is 34.2 Å². The van der Waals surface area contributed by atoms with E-state index in [2.05, 4.69) is 36.1 Å². The molecule has 0 spiro atoms. The molecular weight excluding hydrogens is 777 g/mol. The predicted molar refractivity (Wildman–Crippen MR) is 231 cm³/mol. The summed E-state index contributed by atoms with van der Waals surface area (Å²) in [5, 5.41) is 10.4. The number of amides is 1. The van der Waals surface area contributed by atoms with Crippen molar-refractivity contribution in [1.29, 1.82) is 0 Å². The molecule has 4 aliphatic rings.